The number of aryl methyl sites for hydroxylation is 1. The van der Waals surface area contributed by atoms with Crippen LogP contribution >= 0.6 is 0 Å². The molecule has 0 unspecified atom stereocenters. The normalized spacial score (nSPS) is 12.0. The number of halogens is 3. The second kappa shape index (κ2) is 4.47. The number of hydrogen-bond acceptors (Lipinski definition) is 3. The first-order valence-corrected chi connectivity index (χ1v) is 6.15. The molecule has 2 heterocycles. The van der Waals surface area contributed by atoms with Gasteiger partial charge in [0.15, 0.2) is 5.65 Å². The van der Waals surface area contributed by atoms with Gasteiger partial charge in [0, 0.05) is 17.2 Å². The minimum absolute atomic E-state index is 0.0206. The van der Waals surface area contributed by atoms with Crippen LogP contribution in [0.25, 0.3) is 16.9 Å². The molecule has 7 heteroatoms. The van der Waals surface area contributed by atoms with E-state index in [1.165, 1.54) is 22.7 Å². The Balaban J connectivity index is 2.36. The number of anilines is 1. The van der Waals surface area contributed by atoms with Crippen molar-refractivity contribution in [2.75, 3.05) is 5.73 Å². The topological polar surface area (TPSA) is 56.2 Å². The van der Waals surface area contributed by atoms with Gasteiger partial charge in [-0.2, -0.15) is 18.3 Å². The minimum Gasteiger partial charge on any atom is -0.384 e. The number of fused-ring (bicyclic) bond motifs is 1. The largest absolute Gasteiger partial charge is 0.417 e. The van der Waals surface area contributed by atoms with Crippen molar-refractivity contribution >= 4 is 11.5 Å². The molecule has 0 fully saturated rings. The average molecular weight is 292 g/mol. The molecule has 0 atom stereocenters. The van der Waals surface area contributed by atoms with Crippen molar-refractivity contribution in [3.8, 4) is 11.3 Å². The predicted octanol–water partition coefficient (Wildman–Crippen LogP) is 3.31. The Morgan fingerprint density at radius 1 is 1.19 bits per heavy atom. The van der Waals surface area contributed by atoms with Gasteiger partial charge in [0.1, 0.15) is 5.82 Å². The first-order valence-electron chi connectivity index (χ1n) is 6.15. The summed E-state index contributed by atoms with van der Waals surface area (Å²) < 4.78 is 40.9. The van der Waals surface area contributed by atoms with Gasteiger partial charge in [-0.05, 0) is 13.0 Å². The standard InChI is InChI=1S/C14H11F3N4/c1-8-7-19-21-11(6-12(18)20-13(8)21)9-4-2-3-5-10(9)14(15,16)17/h2-7H,1H3,(H2,18,20). The monoisotopic (exact) mass is 292 g/mol. The second-order valence-electron chi connectivity index (χ2n) is 4.67. The third-order valence-electron chi connectivity index (χ3n) is 3.18. The maximum absolute atomic E-state index is 13.2. The highest BCUT2D eigenvalue weighted by molar-refractivity contribution is 5.70. The van der Waals surface area contributed by atoms with Gasteiger partial charge in [-0.1, -0.05) is 18.2 Å². The van der Waals surface area contributed by atoms with Gasteiger partial charge in [0.25, 0.3) is 0 Å². The second-order valence-corrected chi connectivity index (χ2v) is 4.67. The van der Waals surface area contributed by atoms with Crippen LogP contribution in [0, 0.1) is 6.92 Å². The fraction of sp³-hybridized carbons (Fsp3) is 0.143. The zero-order valence-electron chi connectivity index (χ0n) is 11.0. The molecule has 0 radical (unpaired) electrons. The van der Waals surface area contributed by atoms with Crippen LogP contribution in [-0.4, -0.2) is 14.6 Å². The van der Waals surface area contributed by atoms with Crippen LogP contribution in [0.4, 0.5) is 19.0 Å². The Morgan fingerprint density at radius 3 is 2.62 bits per heavy atom. The average Bonchev–Trinajstić information content (AvgIpc) is 2.79. The first kappa shape index (κ1) is 13.4. The predicted molar refractivity (Wildman–Crippen MR) is 72.6 cm³/mol. The number of nitrogen functional groups attached to an aromatic ring is 1. The van der Waals surface area contributed by atoms with Gasteiger partial charge in [0.2, 0.25) is 0 Å². The van der Waals surface area contributed by atoms with E-state index in [1.54, 1.807) is 19.2 Å². The van der Waals surface area contributed by atoms with Gasteiger partial charge in [-0.25, -0.2) is 9.50 Å². The molecule has 0 aliphatic heterocycles. The molecule has 2 N–H and O–H groups in total. The third-order valence-corrected chi connectivity index (χ3v) is 3.18. The van der Waals surface area contributed by atoms with Crippen LogP contribution in [0.2, 0.25) is 0 Å². The molecule has 1 aromatic carbocycles. The van der Waals surface area contributed by atoms with Crippen molar-refractivity contribution in [3.63, 3.8) is 0 Å². The SMILES string of the molecule is Cc1cnn2c(-c3ccccc3C(F)(F)F)cc(N)nc12. The van der Waals surface area contributed by atoms with Crippen molar-refractivity contribution in [3.05, 3.63) is 47.7 Å². The maximum Gasteiger partial charge on any atom is 0.417 e. The van der Waals surface area contributed by atoms with Crippen molar-refractivity contribution in [2.45, 2.75) is 13.1 Å². The molecule has 3 rings (SSSR count). The van der Waals surface area contributed by atoms with Crippen LogP contribution in [0.3, 0.4) is 0 Å². The van der Waals surface area contributed by atoms with E-state index in [9.17, 15) is 13.2 Å². The van der Waals surface area contributed by atoms with Gasteiger partial charge < -0.3 is 5.73 Å². The van der Waals surface area contributed by atoms with E-state index in [1.807, 2.05) is 0 Å². The molecule has 0 saturated carbocycles. The van der Waals surface area contributed by atoms with Gasteiger partial charge in [-0.3, -0.25) is 0 Å². The van der Waals surface area contributed by atoms with E-state index < -0.39 is 11.7 Å². The summed E-state index contributed by atoms with van der Waals surface area (Å²) in [6.07, 6.45) is -2.91. The Bertz CT molecular complexity index is 821. The summed E-state index contributed by atoms with van der Waals surface area (Å²) in [5.74, 6) is 0.151. The Morgan fingerprint density at radius 2 is 1.90 bits per heavy atom. The molecule has 21 heavy (non-hydrogen) atoms. The number of benzene rings is 1. The molecule has 3 aromatic rings. The molecule has 0 bridgehead atoms. The number of nitrogens with two attached hydrogens (primary N) is 1. The van der Waals surface area contributed by atoms with Crippen molar-refractivity contribution in [1.29, 1.82) is 0 Å². The Labute approximate surface area is 118 Å². The number of nitrogens with zero attached hydrogens (tertiary/aromatic N) is 3. The van der Waals surface area contributed by atoms with Gasteiger partial charge >= 0.3 is 6.18 Å². The van der Waals surface area contributed by atoms with Crippen molar-refractivity contribution in [2.24, 2.45) is 0 Å². The van der Waals surface area contributed by atoms with Crippen molar-refractivity contribution in [1.82, 2.24) is 14.6 Å². The molecule has 2 aromatic heterocycles. The van der Waals surface area contributed by atoms with Crippen molar-refractivity contribution < 1.29 is 13.2 Å². The molecule has 0 amide bonds. The lowest BCUT2D eigenvalue weighted by atomic mass is 10.0. The van der Waals surface area contributed by atoms with Crippen LogP contribution in [-0.2, 0) is 6.18 Å². The van der Waals surface area contributed by atoms with Crippen LogP contribution in [0.1, 0.15) is 11.1 Å². The van der Waals surface area contributed by atoms with E-state index in [0.717, 1.165) is 11.6 Å². The lowest BCUT2D eigenvalue weighted by molar-refractivity contribution is -0.137. The zero-order valence-corrected chi connectivity index (χ0v) is 11.0. The summed E-state index contributed by atoms with van der Waals surface area (Å²) in [7, 11) is 0. The van der Waals surface area contributed by atoms with Crippen LogP contribution in [0.5, 0.6) is 0 Å². The summed E-state index contributed by atoms with van der Waals surface area (Å²) in [5, 5.41) is 4.09. The number of hydrogen-bond donors (Lipinski definition) is 1. The fourth-order valence-corrected chi connectivity index (χ4v) is 2.24. The minimum atomic E-state index is -4.46. The van der Waals surface area contributed by atoms with Gasteiger partial charge in [-0.15, -0.1) is 0 Å². The van der Waals surface area contributed by atoms with E-state index in [-0.39, 0.29) is 17.1 Å². The fourth-order valence-electron chi connectivity index (χ4n) is 2.24. The maximum atomic E-state index is 13.2. The third kappa shape index (κ3) is 2.20. The highest BCUT2D eigenvalue weighted by atomic mass is 19.4. The van der Waals surface area contributed by atoms with E-state index in [2.05, 4.69) is 10.1 Å². The number of aromatic nitrogens is 3. The summed E-state index contributed by atoms with van der Waals surface area (Å²) in [4.78, 5) is 4.11. The molecule has 0 aliphatic carbocycles. The molecule has 108 valence electrons. The van der Waals surface area contributed by atoms with Crippen LogP contribution in [0.15, 0.2) is 36.5 Å². The lowest BCUT2D eigenvalue weighted by Gasteiger charge is -2.14. The zero-order chi connectivity index (χ0) is 15.2. The summed E-state index contributed by atoms with van der Waals surface area (Å²) in [5.41, 5.74) is 6.46. The molecular weight excluding hydrogens is 281 g/mol. The summed E-state index contributed by atoms with van der Waals surface area (Å²) >= 11 is 0. The number of alkyl halides is 3. The Hall–Kier alpha value is -2.57. The lowest BCUT2D eigenvalue weighted by Crippen LogP contribution is -2.09. The summed E-state index contributed by atoms with van der Waals surface area (Å²) in [6.45, 7) is 1.77. The smallest absolute Gasteiger partial charge is 0.384 e. The quantitative estimate of drug-likeness (QED) is 0.748. The Kier molecular flexibility index (Phi) is 2.86. The molecule has 0 saturated heterocycles. The molecule has 0 aliphatic rings. The highest BCUT2D eigenvalue weighted by Gasteiger charge is 2.34. The molecular formula is C14H11F3N4. The molecule has 4 nitrogen and oxygen atoms in total. The van der Waals surface area contributed by atoms with E-state index in [4.69, 9.17) is 5.73 Å². The summed E-state index contributed by atoms with van der Waals surface area (Å²) in [6, 6.07) is 6.72. The first-order chi connectivity index (χ1) is 9.88. The van der Waals surface area contributed by atoms with E-state index in [0.29, 0.717) is 5.65 Å². The van der Waals surface area contributed by atoms with E-state index >= 15 is 0 Å². The molecule has 0 spiro atoms. The highest BCUT2D eigenvalue weighted by Crippen LogP contribution is 2.37. The number of rotatable bonds is 1. The van der Waals surface area contributed by atoms with Gasteiger partial charge in [0.05, 0.1) is 17.5 Å². The van der Waals surface area contributed by atoms with Crippen LogP contribution < -0.4 is 5.73 Å².